The second-order valence-corrected chi connectivity index (χ2v) is 8.43. The molecular formula is C24H26N4O3. The van der Waals surface area contributed by atoms with Crippen molar-refractivity contribution in [2.75, 3.05) is 6.54 Å². The summed E-state index contributed by atoms with van der Waals surface area (Å²) in [5, 5.41) is 9.32. The molecule has 0 spiro atoms. The first-order valence-electron chi connectivity index (χ1n) is 10.9. The Balaban J connectivity index is 1.29. The lowest BCUT2D eigenvalue weighted by atomic mass is 9.95. The molecule has 1 saturated heterocycles. The predicted octanol–water partition coefficient (Wildman–Crippen LogP) is 1.38. The number of rotatable bonds is 5. The number of imide groups is 1. The molecule has 0 aromatic heterocycles. The van der Waals surface area contributed by atoms with E-state index >= 15 is 0 Å². The standard InChI is InChI=1S/C24H26N4O3/c29-22-8-7-21(23(30)27-22)28-14-20-17(5-2-6-19(20)24(28)31)13-26-12-16-4-1-3-15-11-25-10-9-18(15)16/h1-6,21,25-26H,7-14H2,(H,27,29,30). The van der Waals surface area contributed by atoms with Crippen molar-refractivity contribution in [2.24, 2.45) is 0 Å². The smallest absolute Gasteiger partial charge is 0.255 e. The Hall–Kier alpha value is -3.03. The molecule has 0 radical (unpaired) electrons. The Kier molecular flexibility index (Phi) is 5.29. The molecule has 3 N–H and O–H groups in total. The van der Waals surface area contributed by atoms with Crippen molar-refractivity contribution in [3.8, 4) is 0 Å². The van der Waals surface area contributed by atoms with E-state index in [4.69, 9.17) is 0 Å². The number of piperidine rings is 1. The van der Waals surface area contributed by atoms with Gasteiger partial charge in [0.1, 0.15) is 6.04 Å². The van der Waals surface area contributed by atoms with Crippen LogP contribution in [0.5, 0.6) is 0 Å². The molecule has 3 heterocycles. The third kappa shape index (κ3) is 3.75. The second-order valence-electron chi connectivity index (χ2n) is 8.43. The van der Waals surface area contributed by atoms with E-state index in [2.05, 4.69) is 34.1 Å². The normalized spacial score (nSPS) is 20.5. The van der Waals surface area contributed by atoms with Crippen LogP contribution in [0.25, 0.3) is 0 Å². The van der Waals surface area contributed by atoms with Gasteiger partial charge in [-0.1, -0.05) is 30.3 Å². The summed E-state index contributed by atoms with van der Waals surface area (Å²) < 4.78 is 0. The van der Waals surface area contributed by atoms with Gasteiger partial charge in [-0.2, -0.15) is 0 Å². The summed E-state index contributed by atoms with van der Waals surface area (Å²) in [5.41, 5.74) is 6.85. The zero-order valence-electron chi connectivity index (χ0n) is 17.4. The predicted molar refractivity (Wildman–Crippen MR) is 115 cm³/mol. The van der Waals surface area contributed by atoms with Crippen molar-refractivity contribution < 1.29 is 14.4 Å². The van der Waals surface area contributed by atoms with E-state index in [0.29, 0.717) is 25.1 Å². The summed E-state index contributed by atoms with van der Waals surface area (Å²) in [5.74, 6) is -0.773. The molecule has 0 saturated carbocycles. The first kappa shape index (κ1) is 19.9. The Morgan fingerprint density at radius 1 is 0.968 bits per heavy atom. The summed E-state index contributed by atoms with van der Waals surface area (Å²) in [6.07, 6.45) is 1.69. The minimum atomic E-state index is -0.581. The van der Waals surface area contributed by atoms with Gasteiger partial charge in [0.25, 0.3) is 5.91 Å². The van der Waals surface area contributed by atoms with Crippen molar-refractivity contribution in [3.05, 3.63) is 69.8 Å². The fraction of sp³-hybridized carbons (Fsp3) is 0.375. The molecule has 31 heavy (non-hydrogen) atoms. The first-order chi connectivity index (χ1) is 15.1. The van der Waals surface area contributed by atoms with Crippen LogP contribution in [0.15, 0.2) is 36.4 Å². The fourth-order valence-corrected chi connectivity index (χ4v) is 4.92. The van der Waals surface area contributed by atoms with Crippen molar-refractivity contribution in [1.82, 2.24) is 20.9 Å². The first-order valence-corrected chi connectivity index (χ1v) is 10.9. The van der Waals surface area contributed by atoms with Crippen molar-refractivity contribution in [1.29, 1.82) is 0 Å². The summed E-state index contributed by atoms with van der Waals surface area (Å²) >= 11 is 0. The van der Waals surface area contributed by atoms with Crippen LogP contribution < -0.4 is 16.0 Å². The number of carbonyl (C=O) groups excluding carboxylic acids is 3. The lowest BCUT2D eigenvalue weighted by Crippen LogP contribution is -2.52. The topological polar surface area (TPSA) is 90.5 Å². The molecule has 7 heteroatoms. The van der Waals surface area contributed by atoms with Gasteiger partial charge < -0.3 is 15.5 Å². The van der Waals surface area contributed by atoms with Crippen LogP contribution in [0.4, 0.5) is 0 Å². The number of hydrogen-bond donors (Lipinski definition) is 3. The molecule has 7 nitrogen and oxygen atoms in total. The number of fused-ring (bicyclic) bond motifs is 2. The van der Waals surface area contributed by atoms with E-state index in [-0.39, 0.29) is 24.1 Å². The van der Waals surface area contributed by atoms with E-state index in [1.54, 1.807) is 4.90 Å². The quantitative estimate of drug-likeness (QED) is 0.639. The SMILES string of the molecule is O=C1CCC(N2Cc3c(CNCc4cccc5c4CCNC5)cccc3C2=O)C(=O)N1. The molecule has 3 aliphatic heterocycles. The molecular weight excluding hydrogens is 392 g/mol. The van der Waals surface area contributed by atoms with Gasteiger partial charge in [-0.3, -0.25) is 19.7 Å². The lowest BCUT2D eigenvalue weighted by Gasteiger charge is -2.29. The number of carbonyl (C=O) groups is 3. The van der Waals surface area contributed by atoms with Gasteiger partial charge >= 0.3 is 0 Å². The molecule has 0 aliphatic carbocycles. The van der Waals surface area contributed by atoms with Crippen LogP contribution in [0.1, 0.15) is 51.0 Å². The molecule has 2 aromatic carbocycles. The van der Waals surface area contributed by atoms with Crippen molar-refractivity contribution >= 4 is 17.7 Å². The number of hydrogen-bond acceptors (Lipinski definition) is 5. The highest BCUT2D eigenvalue weighted by Gasteiger charge is 2.39. The van der Waals surface area contributed by atoms with E-state index in [1.165, 1.54) is 16.7 Å². The minimum Gasteiger partial charge on any atom is -0.322 e. The monoisotopic (exact) mass is 418 g/mol. The van der Waals surface area contributed by atoms with Crippen LogP contribution in [-0.4, -0.2) is 35.2 Å². The van der Waals surface area contributed by atoms with Crippen LogP contribution in [0.3, 0.4) is 0 Å². The summed E-state index contributed by atoms with van der Waals surface area (Å²) in [6.45, 7) is 3.77. The van der Waals surface area contributed by atoms with Gasteiger partial charge in [0, 0.05) is 38.2 Å². The highest BCUT2D eigenvalue weighted by molar-refractivity contribution is 6.05. The second kappa shape index (κ2) is 8.24. The molecule has 2 aromatic rings. The third-order valence-corrected chi connectivity index (χ3v) is 6.55. The van der Waals surface area contributed by atoms with Gasteiger partial charge in [0.05, 0.1) is 0 Å². The summed E-state index contributed by atoms with van der Waals surface area (Å²) in [6, 6.07) is 11.7. The summed E-state index contributed by atoms with van der Waals surface area (Å²) in [4.78, 5) is 38.3. The molecule has 160 valence electrons. The highest BCUT2D eigenvalue weighted by Crippen LogP contribution is 2.30. The number of benzene rings is 2. The number of nitrogens with zero attached hydrogens (tertiary/aromatic N) is 1. The Labute approximate surface area is 181 Å². The maximum absolute atomic E-state index is 13.0. The average molecular weight is 418 g/mol. The van der Waals surface area contributed by atoms with Crippen molar-refractivity contribution in [2.45, 2.75) is 51.5 Å². The molecule has 1 unspecified atom stereocenters. The maximum Gasteiger partial charge on any atom is 0.255 e. The minimum absolute atomic E-state index is 0.129. The Morgan fingerprint density at radius 2 is 1.74 bits per heavy atom. The number of nitrogens with one attached hydrogen (secondary N) is 3. The molecule has 1 fully saturated rings. The van der Waals surface area contributed by atoms with Crippen molar-refractivity contribution in [3.63, 3.8) is 0 Å². The van der Waals surface area contributed by atoms with Crippen LogP contribution in [0, 0.1) is 0 Å². The van der Waals surface area contributed by atoms with Gasteiger partial charge in [0.2, 0.25) is 11.8 Å². The molecule has 3 amide bonds. The van der Waals surface area contributed by atoms with Crippen LogP contribution in [0.2, 0.25) is 0 Å². The Morgan fingerprint density at radius 3 is 2.55 bits per heavy atom. The van der Waals surface area contributed by atoms with Gasteiger partial charge in [-0.15, -0.1) is 0 Å². The fourth-order valence-electron chi connectivity index (χ4n) is 4.92. The largest absolute Gasteiger partial charge is 0.322 e. The van der Waals surface area contributed by atoms with E-state index < -0.39 is 6.04 Å². The maximum atomic E-state index is 13.0. The van der Waals surface area contributed by atoms with Gasteiger partial charge in [-0.25, -0.2) is 0 Å². The molecule has 3 aliphatic rings. The molecule has 0 bridgehead atoms. The van der Waals surface area contributed by atoms with E-state index in [0.717, 1.165) is 37.2 Å². The third-order valence-electron chi connectivity index (χ3n) is 6.55. The lowest BCUT2D eigenvalue weighted by molar-refractivity contribution is -0.136. The van der Waals surface area contributed by atoms with E-state index in [9.17, 15) is 14.4 Å². The average Bonchev–Trinajstić information content (AvgIpc) is 3.11. The van der Waals surface area contributed by atoms with Gasteiger partial charge in [-0.05, 0) is 53.3 Å². The van der Waals surface area contributed by atoms with E-state index in [1.807, 2.05) is 18.2 Å². The molecule has 5 rings (SSSR count). The highest BCUT2D eigenvalue weighted by atomic mass is 16.2. The number of amides is 3. The zero-order chi connectivity index (χ0) is 21.4. The van der Waals surface area contributed by atoms with Crippen LogP contribution >= 0.6 is 0 Å². The summed E-state index contributed by atoms with van der Waals surface area (Å²) in [7, 11) is 0. The molecule has 1 atom stereocenters. The van der Waals surface area contributed by atoms with Crippen LogP contribution in [-0.2, 0) is 42.2 Å². The Bertz CT molecular complexity index is 1060. The zero-order valence-corrected chi connectivity index (χ0v) is 17.4. The van der Waals surface area contributed by atoms with Gasteiger partial charge in [0.15, 0.2) is 0 Å².